The van der Waals surface area contributed by atoms with Crippen molar-refractivity contribution in [2.24, 2.45) is 11.1 Å². The standard InChI is InChI=1S/C48H54FN8O6P/c1-7-64(61,8-2)37-12-10-35(11-13-37)54-19-20-55(47(54)60)43-41-31(6)53(18-15-38(41)51-57(43)36-23-28(3)42(49)29(4)24-36)44(58)40-26-34-25-33(32-16-21-62-22-17-32)9-14-39(34)56(40)48(27-30(48)5)45-50-46(59)63-52-45/h9-14,19-20,23-26,30-32,46,59H,7-8,15-18,21-22,27H2,1-6H3,(H,50,52)/t30-,31-,46?,48-/m0/s1. The van der Waals surface area contributed by atoms with E-state index in [1.165, 1.54) is 10.1 Å². The monoisotopic (exact) mass is 888 g/mol. The number of ether oxygens (including phenoxy) is 1. The number of hydrogen-bond donors (Lipinski definition) is 2. The van der Waals surface area contributed by atoms with E-state index < -0.39 is 25.1 Å². The van der Waals surface area contributed by atoms with Crippen LogP contribution in [0, 0.1) is 25.6 Å². The van der Waals surface area contributed by atoms with Crippen LogP contribution < -0.4 is 16.3 Å². The first-order chi connectivity index (χ1) is 30.8. The van der Waals surface area contributed by atoms with Gasteiger partial charge in [0.2, 0.25) is 0 Å². The lowest BCUT2D eigenvalue weighted by atomic mass is 9.91. The first-order valence-electron chi connectivity index (χ1n) is 22.4. The molecule has 2 N–H and O–H groups in total. The second-order valence-electron chi connectivity index (χ2n) is 17.9. The molecule has 0 spiro atoms. The Bertz CT molecular complexity index is 2950. The Morgan fingerprint density at radius 2 is 1.66 bits per heavy atom. The minimum absolute atomic E-state index is 0.0673. The number of aromatic nitrogens is 5. The van der Waals surface area contributed by atoms with Crippen LogP contribution in [-0.4, -0.2) is 83.7 Å². The molecule has 334 valence electrons. The number of hydrogen-bond acceptors (Lipinski definition) is 9. The molecule has 3 aromatic carbocycles. The third-order valence-corrected chi connectivity index (χ3v) is 17.6. The van der Waals surface area contributed by atoms with Crippen LogP contribution in [0.4, 0.5) is 4.39 Å². The van der Waals surface area contributed by atoms with Gasteiger partial charge in [0, 0.05) is 72.7 Å². The maximum Gasteiger partial charge on any atom is 0.338 e. The smallest absolute Gasteiger partial charge is 0.338 e. The van der Waals surface area contributed by atoms with Gasteiger partial charge >= 0.3 is 12.1 Å². The molecule has 1 aliphatic carbocycles. The molecule has 4 atom stereocenters. The Balaban J connectivity index is 1.10. The van der Waals surface area contributed by atoms with Gasteiger partial charge in [-0.1, -0.05) is 32.0 Å². The number of nitrogens with one attached hydrogen (secondary N) is 1. The van der Waals surface area contributed by atoms with Gasteiger partial charge in [-0.3, -0.25) is 13.9 Å². The van der Waals surface area contributed by atoms with E-state index in [1.54, 1.807) is 47.6 Å². The van der Waals surface area contributed by atoms with Crippen molar-refractivity contribution in [1.29, 1.82) is 0 Å². The molecule has 6 heterocycles. The Kier molecular flexibility index (Phi) is 10.4. The van der Waals surface area contributed by atoms with E-state index in [4.69, 9.17) is 14.7 Å². The number of oxime groups is 1. The number of halogens is 1. The van der Waals surface area contributed by atoms with E-state index in [2.05, 4.69) is 40.2 Å². The maximum absolute atomic E-state index is 15.5. The second-order valence-corrected chi connectivity index (χ2v) is 21.5. The number of aliphatic hydroxyl groups is 1. The van der Waals surface area contributed by atoms with Gasteiger partial charge in [0.25, 0.3) is 5.91 Å². The van der Waals surface area contributed by atoms with Gasteiger partial charge in [-0.2, -0.15) is 5.10 Å². The quantitative estimate of drug-likeness (QED) is 0.138. The lowest BCUT2D eigenvalue weighted by molar-refractivity contribution is -0.0896. The first-order valence-corrected chi connectivity index (χ1v) is 24.5. The highest BCUT2D eigenvalue weighted by molar-refractivity contribution is 7.71. The summed E-state index contributed by atoms with van der Waals surface area (Å²) in [6, 6.07) is 18.6. The SMILES string of the molecule is CCP(=O)(CC)c1ccc(-n2ccn(-c3c4c(nn3-c3cc(C)c(F)c(C)c3)CCN(C(=O)c3cc5cc(C6CCOCC6)ccc5n3[C@@]3(C5=NOC(O)N5)C[C@@H]3C)[C@H]4C)c2=O)cc1. The molecule has 1 saturated carbocycles. The number of amidine groups is 1. The molecule has 0 radical (unpaired) electrons. The van der Waals surface area contributed by atoms with E-state index in [0.29, 0.717) is 96.3 Å². The summed E-state index contributed by atoms with van der Waals surface area (Å²) in [7, 11) is -2.53. The zero-order chi connectivity index (χ0) is 44.8. The van der Waals surface area contributed by atoms with Crippen molar-refractivity contribution >= 4 is 35.1 Å². The average Bonchev–Trinajstić information content (AvgIpc) is 3.80. The van der Waals surface area contributed by atoms with E-state index in [9.17, 15) is 14.5 Å². The summed E-state index contributed by atoms with van der Waals surface area (Å²) in [5.41, 5.74) is 4.95. The summed E-state index contributed by atoms with van der Waals surface area (Å²) in [6.45, 7) is 13.1. The van der Waals surface area contributed by atoms with Crippen LogP contribution in [0.2, 0.25) is 0 Å². The zero-order valence-corrected chi connectivity index (χ0v) is 37.9. The second kappa shape index (κ2) is 15.7. The van der Waals surface area contributed by atoms with Crippen LogP contribution in [0.5, 0.6) is 0 Å². The van der Waals surface area contributed by atoms with E-state index in [-0.39, 0.29) is 23.3 Å². The molecule has 1 unspecified atom stereocenters. The molecule has 1 amide bonds. The maximum atomic E-state index is 15.5. The fourth-order valence-corrected chi connectivity index (χ4v) is 12.4. The van der Waals surface area contributed by atoms with Gasteiger partial charge in [0.1, 0.15) is 30.0 Å². The molecule has 2 fully saturated rings. The molecule has 6 aromatic rings. The fourth-order valence-electron chi connectivity index (χ4n) is 10.5. The Morgan fingerprint density at radius 1 is 0.969 bits per heavy atom. The van der Waals surface area contributed by atoms with Crippen molar-refractivity contribution in [1.82, 2.24) is 33.7 Å². The van der Waals surface area contributed by atoms with Crippen molar-refractivity contribution in [3.05, 3.63) is 123 Å². The van der Waals surface area contributed by atoms with Crippen LogP contribution in [0.15, 0.2) is 83.0 Å². The minimum atomic E-state index is -2.53. The van der Waals surface area contributed by atoms with Gasteiger partial charge < -0.3 is 34.0 Å². The number of carbonyl (C=O) groups is 1. The zero-order valence-electron chi connectivity index (χ0n) is 37.0. The van der Waals surface area contributed by atoms with E-state index in [1.807, 2.05) is 56.0 Å². The Morgan fingerprint density at radius 3 is 2.30 bits per heavy atom. The molecule has 0 bridgehead atoms. The van der Waals surface area contributed by atoms with E-state index in [0.717, 1.165) is 34.7 Å². The molecule has 16 heteroatoms. The van der Waals surface area contributed by atoms with Crippen molar-refractivity contribution in [3.8, 4) is 17.2 Å². The predicted molar refractivity (Wildman–Crippen MR) is 244 cm³/mol. The number of aliphatic hydroxyl groups excluding tert-OH is 1. The minimum Gasteiger partial charge on any atom is -0.381 e. The van der Waals surface area contributed by atoms with E-state index >= 15 is 9.18 Å². The van der Waals surface area contributed by atoms with Crippen LogP contribution >= 0.6 is 7.14 Å². The molecular weight excluding hydrogens is 835 g/mol. The molecule has 3 aromatic heterocycles. The van der Waals surface area contributed by atoms with Crippen molar-refractivity contribution in [2.75, 3.05) is 32.1 Å². The number of fused-ring (bicyclic) bond motifs is 2. The summed E-state index contributed by atoms with van der Waals surface area (Å²) >= 11 is 0. The van der Waals surface area contributed by atoms with Gasteiger partial charge in [-0.05, 0) is 123 Å². The molecule has 14 nitrogen and oxygen atoms in total. The average molecular weight is 889 g/mol. The molecule has 4 aliphatic rings. The third-order valence-electron chi connectivity index (χ3n) is 14.3. The number of aryl methyl sites for hydroxylation is 2. The number of amides is 1. The largest absolute Gasteiger partial charge is 0.381 e. The third kappa shape index (κ3) is 6.60. The predicted octanol–water partition coefficient (Wildman–Crippen LogP) is 7.15. The van der Waals surface area contributed by atoms with Gasteiger partial charge in [0.05, 0.1) is 23.1 Å². The summed E-state index contributed by atoms with van der Waals surface area (Å²) in [5, 5.41) is 24.5. The van der Waals surface area contributed by atoms with Crippen molar-refractivity contribution in [2.45, 2.75) is 91.1 Å². The topological polar surface area (TPSA) is 150 Å². The number of carbonyl (C=O) groups excluding carboxylic acids is 1. The Labute approximate surface area is 370 Å². The highest BCUT2D eigenvalue weighted by Gasteiger charge is 2.61. The molecule has 64 heavy (non-hydrogen) atoms. The number of nitrogens with zero attached hydrogens (tertiary/aromatic N) is 7. The number of rotatable bonds is 10. The highest BCUT2D eigenvalue weighted by atomic mass is 31.2. The van der Waals surface area contributed by atoms with Crippen molar-refractivity contribution in [3.63, 3.8) is 0 Å². The summed E-state index contributed by atoms with van der Waals surface area (Å²) in [5.74, 6) is 0.830. The lowest BCUT2D eigenvalue weighted by Gasteiger charge is -2.34. The normalized spacial score (nSPS) is 22.3. The van der Waals surface area contributed by atoms with Crippen LogP contribution in [0.25, 0.3) is 28.1 Å². The molecule has 10 rings (SSSR count). The molecule has 3 aliphatic heterocycles. The summed E-state index contributed by atoms with van der Waals surface area (Å²) < 4.78 is 41.2. The van der Waals surface area contributed by atoms with Crippen LogP contribution in [-0.2, 0) is 26.1 Å². The van der Waals surface area contributed by atoms with Gasteiger partial charge in [-0.15, -0.1) is 0 Å². The van der Waals surface area contributed by atoms with Crippen molar-refractivity contribution < 1.29 is 28.4 Å². The van der Waals surface area contributed by atoms with Gasteiger partial charge in [0.15, 0.2) is 5.84 Å². The lowest BCUT2D eigenvalue weighted by Crippen LogP contribution is -2.44. The molecule has 1 saturated heterocycles. The summed E-state index contributed by atoms with van der Waals surface area (Å²) in [4.78, 5) is 37.3. The number of benzene rings is 3. The first kappa shape index (κ1) is 42.2. The Hall–Kier alpha value is -5.76. The van der Waals surface area contributed by atoms with Crippen LogP contribution in [0.1, 0.15) is 97.4 Å². The van der Waals surface area contributed by atoms with Crippen LogP contribution in [0.3, 0.4) is 0 Å². The number of imidazole rings is 1. The highest BCUT2D eigenvalue weighted by Crippen LogP contribution is 2.54. The fraction of sp³-hybridized carbons (Fsp3) is 0.417. The van der Waals surface area contributed by atoms with Gasteiger partial charge in [-0.25, -0.2) is 13.9 Å². The molecular formula is C48H54FN8O6P. The summed E-state index contributed by atoms with van der Waals surface area (Å²) in [6.07, 6.45) is 6.14.